The second-order valence-electron chi connectivity index (χ2n) is 2.16. The third kappa shape index (κ3) is 1.02. The third-order valence-corrected chi connectivity index (χ3v) is 2.17. The Bertz CT molecular complexity index is 415. The van der Waals surface area contributed by atoms with Gasteiger partial charge in [-0.25, -0.2) is 9.37 Å². The number of rotatable bonds is 1. The highest BCUT2D eigenvalue weighted by Gasteiger charge is 2.07. The molecule has 2 rings (SSSR count). The van der Waals surface area contributed by atoms with Crippen LogP contribution in [0.15, 0.2) is 11.6 Å². The molecule has 0 aliphatic rings. The highest BCUT2D eigenvalue weighted by atomic mass is 32.1. The summed E-state index contributed by atoms with van der Waals surface area (Å²) in [4.78, 5) is 8.52. The predicted octanol–water partition coefficient (Wildman–Crippen LogP) is 1.84. The average molecular weight is 184 g/mol. The Morgan fingerprint density at radius 1 is 1.58 bits per heavy atom. The van der Waals surface area contributed by atoms with Crippen molar-refractivity contribution in [1.82, 2.24) is 9.97 Å². The van der Waals surface area contributed by atoms with Gasteiger partial charge >= 0.3 is 0 Å². The molecule has 0 aromatic carbocycles. The Morgan fingerprint density at radius 2 is 2.42 bits per heavy atom. The molecule has 62 valence electrons. The smallest absolute Gasteiger partial charge is 0.251 e. The lowest BCUT2D eigenvalue weighted by atomic mass is 10.4. The van der Waals surface area contributed by atoms with E-state index in [9.17, 15) is 4.39 Å². The second-order valence-corrected chi connectivity index (χ2v) is 2.99. The molecule has 5 heteroatoms. The Hall–Kier alpha value is -1.23. The number of ether oxygens (including phenoxy) is 1. The monoisotopic (exact) mass is 184 g/mol. The van der Waals surface area contributed by atoms with Crippen LogP contribution in [0.5, 0.6) is 5.88 Å². The van der Waals surface area contributed by atoms with E-state index in [2.05, 4.69) is 9.97 Å². The molecule has 0 saturated carbocycles. The lowest BCUT2D eigenvalue weighted by Crippen LogP contribution is -1.91. The molecule has 0 amide bonds. The summed E-state index contributed by atoms with van der Waals surface area (Å²) >= 11 is 1.36. The van der Waals surface area contributed by atoms with E-state index < -0.39 is 5.82 Å². The fourth-order valence-corrected chi connectivity index (χ4v) is 1.54. The normalized spacial score (nSPS) is 10.5. The Balaban J connectivity index is 2.73. The summed E-state index contributed by atoms with van der Waals surface area (Å²) in [5.74, 6) is -0.456. The number of methoxy groups -OCH3 is 1. The van der Waals surface area contributed by atoms with Crippen molar-refractivity contribution in [2.75, 3.05) is 7.11 Å². The quantitative estimate of drug-likeness (QED) is 0.678. The standard InChI is InChI=1S/C7H5FN2OS/c1-11-6-4(8)2-5-7(10-6)12-3-9-5/h2-3H,1H3. The van der Waals surface area contributed by atoms with Crippen molar-refractivity contribution in [3.05, 3.63) is 17.4 Å². The minimum Gasteiger partial charge on any atom is -0.479 e. The van der Waals surface area contributed by atoms with Crippen LogP contribution in [0, 0.1) is 5.82 Å². The number of pyridine rings is 1. The summed E-state index contributed by atoms with van der Waals surface area (Å²) in [5, 5.41) is 0. The van der Waals surface area contributed by atoms with Gasteiger partial charge in [-0.2, -0.15) is 4.98 Å². The van der Waals surface area contributed by atoms with E-state index in [-0.39, 0.29) is 5.88 Å². The van der Waals surface area contributed by atoms with Crippen molar-refractivity contribution >= 4 is 21.7 Å². The third-order valence-electron chi connectivity index (χ3n) is 1.44. The lowest BCUT2D eigenvalue weighted by molar-refractivity contribution is 0.371. The molecular formula is C7H5FN2OS. The molecule has 0 atom stereocenters. The van der Waals surface area contributed by atoms with Gasteiger partial charge in [0.25, 0.3) is 5.88 Å². The van der Waals surface area contributed by atoms with Gasteiger partial charge in [-0.3, -0.25) is 0 Å². The summed E-state index contributed by atoms with van der Waals surface area (Å²) in [6, 6.07) is 1.32. The molecule has 0 unspecified atom stereocenters. The zero-order valence-corrected chi connectivity index (χ0v) is 7.06. The minimum atomic E-state index is -0.476. The van der Waals surface area contributed by atoms with Gasteiger partial charge in [-0.05, 0) is 0 Å². The molecule has 0 bridgehead atoms. The SMILES string of the molecule is COc1nc2scnc2cc1F. The molecule has 2 heterocycles. The van der Waals surface area contributed by atoms with E-state index in [0.29, 0.717) is 10.3 Å². The highest BCUT2D eigenvalue weighted by Crippen LogP contribution is 2.21. The van der Waals surface area contributed by atoms with E-state index >= 15 is 0 Å². The summed E-state index contributed by atoms with van der Waals surface area (Å²) in [6.07, 6.45) is 0. The zero-order valence-electron chi connectivity index (χ0n) is 6.24. The van der Waals surface area contributed by atoms with E-state index in [4.69, 9.17) is 4.74 Å². The maximum absolute atomic E-state index is 13.0. The molecule has 0 aliphatic heterocycles. The predicted molar refractivity (Wildman–Crippen MR) is 43.9 cm³/mol. The Kier molecular flexibility index (Phi) is 1.65. The van der Waals surface area contributed by atoms with Crippen LogP contribution in [0.2, 0.25) is 0 Å². The second kappa shape index (κ2) is 2.67. The number of hydrogen-bond acceptors (Lipinski definition) is 4. The maximum atomic E-state index is 13.0. The molecular weight excluding hydrogens is 179 g/mol. The molecule has 2 aromatic heterocycles. The van der Waals surface area contributed by atoms with Crippen LogP contribution in [0.25, 0.3) is 10.3 Å². The summed E-state index contributed by atoms with van der Waals surface area (Å²) in [6.45, 7) is 0. The molecule has 0 N–H and O–H groups in total. The molecule has 2 aromatic rings. The minimum absolute atomic E-state index is 0.0201. The van der Waals surface area contributed by atoms with Crippen LogP contribution in [0.1, 0.15) is 0 Å². The van der Waals surface area contributed by atoms with E-state index in [1.165, 1.54) is 24.5 Å². The van der Waals surface area contributed by atoms with Gasteiger partial charge in [0.2, 0.25) is 0 Å². The van der Waals surface area contributed by atoms with E-state index in [0.717, 1.165) is 0 Å². The number of aromatic nitrogens is 2. The fraction of sp³-hybridized carbons (Fsp3) is 0.143. The maximum Gasteiger partial charge on any atom is 0.251 e. The Morgan fingerprint density at radius 3 is 3.17 bits per heavy atom. The van der Waals surface area contributed by atoms with Crippen molar-refractivity contribution in [1.29, 1.82) is 0 Å². The number of nitrogens with zero attached hydrogens (tertiary/aromatic N) is 2. The molecule has 12 heavy (non-hydrogen) atoms. The number of thiazole rings is 1. The van der Waals surface area contributed by atoms with Crippen LogP contribution >= 0.6 is 11.3 Å². The van der Waals surface area contributed by atoms with Gasteiger partial charge in [0, 0.05) is 6.07 Å². The first-order valence-electron chi connectivity index (χ1n) is 3.25. The van der Waals surface area contributed by atoms with Crippen molar-refractivity contribution in [2.24, 2.45) is 0 Å². The summed E-state index contributed by atoms with van der Waals surface area (Å²) in [5.41, 5.74) is 2.19. The fourth-order valence-electron chi connectivity index (χ4n) is 0.902. The zero-order chi connectivity index (χ0) is 8.55. The molecule has 3 nitrogen and oxygen atoms in total. The van der Waals surface area contributed by atoms with Gasteiger partial charge < -0.3 is 4.74 Å². The molecule has 0 saturated heterocycles. The number of hydrogen-bond donors (Lipinski definition) is 0. The highest BCUT2D eigenvalue weighted by molar-refractivity contribution is 7.16. The van der Waals surface area contributed by atoms with Crippen LogP contribution < -0.4 is 4.74 Å². The van der Waals surface area contributed by atoms with Crippen LogP contribution in [0.4, 0.5) is 4.39 Å². The van der Waals surface area contributed by atoms with E-state index in [1.807, 2.05) is 0 Å². The van der Waals surface area contributed by atoms with Gasteiger partial charge in [-0.15, -0.1) is 11.3 Å². The molecule has 0 radical (unpaired) electrons. The number of fused-ring (bicyclic) bond motifs is 1. The first-order chi connectivity index (χ1) is 5.81. The van der Waals surface area contributed by atoms with Crippen LogP contribution in [-0.2, 0) is 0 Å². The Labute approximate surface area is 71.8 Å². The van der Waals surface area contributed by atoms with Crippen LogP contribution in [-0.4, -0.2) is 17.1 Å². The van der Waals surface area contributed by atoms with Crippen LogP contribution in [0.3, 0.4) is 0 Å². The van der Waals surface area contributed by atoms with Crippen molar-refractivity contribution in [3.8, 4) is 5.88 Å². The van der Waals surface area contributed by atoms with Gasteiger partial charge in [0.05, 0.1) is 12.6 Å². The van der Waals surface area contributed by atoms with Gasteiger partial charge in [-0.1, -0.05) is 0 Å². The van der Waals surface area contributed by atoms with E-state index in [1.54, 1.807) is 5.51 Å². The first-order valence-corrected chi connectivity index (χ1v) is 4.13. The summed E-state index contributed by atoms with van der Waals surface area (Å²) in [7, 11) is 1.39. The van der Waals surface area contributed by atoms with Gasteiger partial charge in [0.15, 0.2) is 5.82 Å². The largest absolute Gasteiger partial charge is 0.479 e. The average Bonchev–Trinajstić information content (AvgIpc) is 2.49. The van der Waals surface area contributed by atoms with Gasteiger partial charge in [0.1, 0.15) is 10.3 Å². The van der Waals surface area contributed by atoms with Crippen molar-refractivity contribution < 1.29 is 9.13 Å². The van der Waals surface area contributed by atoms with Crippen molar-refractivity contribution in [3.63, 3.8) is 0 Å². The van der Waals surface area contributed by atoms with Crippen molar-refractivity contribution in [2.45, 2.75) is 0 Å². The lowest BCUT2D eigenvalue weighted by Gasteiger charge is -1.98. The molecule has 0 fully saturated rings. The topological polar surface area (TPSA) is 35.0 Å². The molecule has 0 aliphatic carbocycles. The summed E-state index contributed by atoms with van der Waals surface area (Å²) < 4.78 is 17.7. The first kappa shape index (κ1) is 7.42. The molecule has 0 spiro atoms. The number of halogens is 1.